The molecule has 0 aliphatic heterocycles. The summed E-state index contributed by atoms with van der Waals surface area (Å²) in [4.78, 5) is 16.0. The van der Waals surface area contributed by atoms with Gasteiger partial charge in [-0.3, -0.25) is 9.78 Å². The molecule has 0 bridgehead atoms. The number of aliphatic hydroxyl groups excluding tert-OH is 1. The van der Waals surface area contributed by atoms with Crippen molar-refractivity contribution in [3.05, 3.63) is 65.6 Å². The zero-order valence-electron chi connectivity index (χ0n) is 21.2. The molecule has 0 fully saturated rings. The van der Waals surface area contributed by atoms with Gasteiger partial charge in [-0.1, -0.05) is 74.4 Å². The molecule has 4 nitrogen and oxygen atoms in total. The summed E-state index contributed by atoms with van der Waals surface area (Å²) in [5.74, 6) is 0.603. The third-order valence-electron chi connectivity index (χ3n) is 5.06. The summed E-state index contributed by atoms with van der Waals surface area (Å²) in [7, 11) is 0. The van der Waals surface area contributed by atoms with E-state index in [0.717, 1.165) is 22.2 Å². The first kappa shape index (κ1) is 28.8. The van der Waals surface area contributed by atoms with Crippen LogP contribution >= 0.6 is 0 Å². The predicted molar refractivity (Wildman–Crippen MR) is 132 cm³/mol. The minimum atomic E-state index is -0.417. The molecule has 5 heteroatoms. The van der Waals surface area contributed by atoms with Crippen LogP contribution in [0.15, 0.2) is 52.8 Å². The van der Waals surface area contributed by atoms with E-state index in [-0.39, 0.29) is 37.1 Å². The number of carbonyl (C=O) groups excluding carboxylic acids is 1. The molecule has 181 valence electrons. The van der Waals surface area contributed by atoms with Crippen LogP contribution in [0.3, 0.4) is 0 Å². The van der Waals surface area contributed by atoms with Crippen LogP contribution < -0.4 is 0 Å². The number of ketones is 1. The Hall–Kier alpha value is -2.23. The number of nitrogens with zero attached hydrogens (tertiary/aromatic N) is 1. The van der Waals surface area contributed by atoms with Crippen LogP contribution in [0, 0.1) is 23.8 Å². The maximum Gasteiger partial charge on any atom is 0.216 e. The van der Waals surface area contributed by atoms with Crippen molar-refractivity contribution >= 4 is 16.9 Å². The van der Waals surface area contributed by atoms with Crippen LogP contribution in [0.1, 0.15) is 72.4 Å². The fourth-order valence-electron chi connectivity index (χ4n) is 2.77. The van der Waals surface area contributed by atoms with Gasteiger partial charge in [0.2, 0.25) is 5.71 Å². The molecule has 1 radical (unpaired) electrons. The largest absolute Gasteiger partial charge is 0.512 e. The van der Waals surface area contributed by atoms with Crippen molar-refractivity contribution in [3.8, 4) is 11.3 Å². The molecule has 2 heterocycles. The van der Waals surface area contributed by atoms with Crippen molar-refractivity contribution in [1.82, 2.24) is 4.98 Å². The van der Waals surface area contributed by atoms with E-state index in [4.69, 9.17) is 4.42 Å². The maximum absolute atomic E-state index is 11.5. The first-order valence-corrected chi connectivity index (χ1v) is 11.0. The smallest absolute Gasteiger partial charge is 0.216 e. The second-order valence-corrected chi connectivity index (χ2v) is 10.6. The Morgan fingerprint density at radius 1 is 1.06 bits per heavy atom. The van der Waals surface area contributed by atoms with E-state index in [9.17, 15) is 9.90 Å². The average molecular weight is 627 g/mol. The summed E-state index contributed by atoms with van der Waals surface area (Å²) in [6.07, 6.45) is 3.00. The number of benzene rings is 1. The standard InChI is InChI=1S/C17H16NO.C11H20O2.Ir/c1-11(2)14-8-12(3)9-15(10-14)16-5-4-13-6-7-19-17(13)18-16;1-10(2,3)8(12)7-9(13)11(4,5)6;/h4-8,10-11H,1-3H3;7,12H,1-6H3;/q-1;;/b;8-7-;. The summed E-state index contributed by atoms with van der Waals surface area (Å²) >= 11 is 0. The van der Waals surface area contributed by atoms with Crippen LogP contribution in [0.25, 0.3) is 22.4 Å². The first-order valence-electron chi connectivity index (χ1n) is 11.0. The van der Waals surface area contributed by atoms with Crippen molar-refractivity contribution in [3.63, 3.8) is 0 Å². The van der Waals surface area contributed by atoms with Gasteiger partial charge >= 0.3 is 0 Å². The zero-order chi connectivity index (χ0) is 24.3. The normalized spacial score (nSPS) is 12.2. The van der Waals surface area contributed by atoms with Gasteiger partial charge in [0.1, 0.15) is 5.76 Å². The molecule has 3 aromatic rings. The Morgan fingerprint density at radius 3 is 2.24 bits per heavy atom. The van der Waals surface area contributed by atoms with Crippen molar-refractivity contribution in [1.29, 1.82) is 0 Å². The van der Waals surface area contributed by atoms with Gasteiger partial charge < -0.3 is 9.52 Å². The van der Waals surface area contributed by atoms with E-state index in [2.05, 4.69) is 44.0 Å². The van der Waals surface area contributed by atoms with Crippen LogP contribution in [0.2, 0.25) is 0 Å². The Labute approximate surface area is 211 Å². The van der Waals surface area contributed by atoms with Crippen LogP contribution in [0.5, 0.6) is 0 Å². The van der Waals surface area contributed by atoms with E-state index >= 15 is 0 Å². The van der Waals surface area contributed by atoms with Crippen molar-refractivity contribution in [2.75, 3.05) is 0 Å². The number of aliphatic hydroxyl groups is 1. The van der Waals surface area contributed by atoms with Crippen LogP contribution in [-0.2, 0) is 24.9 Å². The van der Waals surface area contributed by atoms with Gasteiger partial charge in [-0.05, 0) is 17.7 Å². The van der Waals surface area contributed by atoms with Gasteiger partial charge in [-0.2, -0.15) is 0 Å². The molecule has 0 saturated carbocycles. The zero-order valence-corrected chi connectivity index (χ0v) is 23.6. The summed E-state index contributed by atoms with van der Waals surface area (Å²) < 4.78 is 5.36. The number of allylic oxidation sites excluding steroid dienone is 2. The minimum Gasteiger partial charge on any atom is -0.512 e. The second-order valence-electron chi connectivity index (χ2n) is 10.6. The maximum atomic E-state index is 11.5. The van der Waals surface area contributed by atoms with Crippen molar-refractivity contribution in [2.24, 2.45) is 10.8 Å². The third-order valence-corrected chi connectivity index (χ3v) is 5.06. The van der Waals surface area contributed by atoms with E-state index in [1.165, 1.54) is 11.6 Å². The Bertz CT molecular complexity index is 1110. The molecule has 0 amide bonds. The molecule has 3 rings (SSSR count). The van der Waals surface area contributed by atoms with Gasteiger partial charge in [-0.25, -0.2) is 0 Å². The van der Waals surface area contributed by atoms with Gasteiger partial charge in [0.05, 0.1) is 6.26 Å². The first-order chi connectivity index (χ1) is 14.7. The van der Waals surface area contributed by atoms with E-state index in [1.807, 2.05) is 59.7 Å². The summed E-state index contributed by atoms with van der Waals surface area (Å²) in [6, 6.07) is 13.7. The SMILES string of the molecule is CC(C)(C)C(=O)/C=C(\O)C(C)(C)C.Cc1[c-]c(-c2ccc3ccoc3n2)cc(C(C)C)c1.[Ir]. The van der Waals surface area contributed by atoms with Gasteiger partial charge in [0, 0.05) is 42.4 Å². The molecule has 2 aromatic heterocycles. The molecule has 33 heavy (non-hydrogen) atoms. The molecule has 0 atom stereocenters. The summed E-state index contributed by atoms with van der Waals surface area (Å²) in [6.45, 7) is 17.6. The number of fused-ring (bicyclic) bond motifs is 1. The summed E-state index contributed by atoms with van der Waals surface area (Å²) in [5, 5.41) is 10.6. The van der Waals surface area contributed by atoms with Crippen LogP contribution in [0.4, 0.5) is 0 Å². The van der Waals surface area contributed by atoms with E-state index in [1.54, 1.807) is 6.26 Å². The molecular formula is C28H36IrNO3-. The molecular weight excluding hydrogens is 591 g/mol. The van der Waals surface area contributed by atoms with E-state index < -0.39 is 5.41 Å². The molecule has 0 unspecified atom stereocenters. The molecule has 1 N–H and O–H groups in total. The fourth-order valence-corrected chi connectivity index (χ4v) is 2.77. The topological polar surface area (TPSA) is 63.3 Å². The van der Waals surface area contributed by atoms with Crippen molar-refractivity contribution in [2.45, 2.75) is 68.2 Å². The monoisotopic (exact) mass is 627 g/mol. The van der Waals surface area contributed by atoms with Crippen molar-refractivity contribution < 1.29 is 34.4 Å². The minimum absolute atomic E-state index is 0. The molecule has 0 aliphatic rings. The number of pyridine rings is 1. The number of hydrogen-bond donors (Lipinski definition) is 1. The number of furan rings is 1. The van der Waals surface area contributed by atoms with E-state index in [0.29, 0.717) is 11.6 Å². The third kappa shape index (κ3) is 8.24. The summed E-state index contributed by atoms with van der Waals surface area (Å²) in [5.41, 5.74) is 4.31. The molecule has 0 aliphatic carbocycles. The van der Waals surface area contributed by atoms with Gasteiger partial charge in [0.15, 0.2) is 5.78 Å². The number of rotatable bonds is 3. The predicted octanol–water partition coefficient (Wildman–Crippen LogP) is 7.81. The average Bonchev–Trinajstić information content (AvgIpc) is 3.14. The molecule has 1 aromatic carbocycles. The molecule has 0 spiro atoms. The van der Waals surface area contributed by atoms with Gasteiger partial charge in [-0.15, -0.1) is 34.9 Å². The Morgan fingerprint density at radius 2 is 1.70 bits per heavy atom. The fraction of sp³-hybridized carbons (Fsp3) is 0.429. The van der Waals surface area contributed by atoms with Crippen LogP contribution in [-0.4, -0.2) is 15.9 Å². The second kappa shape index (κ2) is 11.3. The number of aryl methyl sites for hydroxylation is 1. The molecule has 0 saturated heterocycles. The Kier molecular flexibility index (Phi) is 9.83. The quantitative estimate of drug-likeness (QED) is 0.183. The number of hydrogen-bond acceptors (Lipinski definition) is 4. The number of aromatic nitrogens is 1. The van der Waals surface area contributed by atoms with Gasteiger partial charge in [0.25, 0.3) is 0 Å². The Balaban J connectivity index is 0.000000346. The number of carbonyl (C=O) groups is 1.